The van der Waals surface area contributed by atoms with E-state index >= 15 is 0 Å². The summed E-state index contributed by atoms with van der Waals surface area (Å²) in [6.45, 7) is 2.01. The molecule has 2 amide bonds. The number of sulfonamides is 1. The first-order valence-electron chi connectivity index (χ1n) is 13.0. The predicted molar refractivity (Wildman–Crippen MR) is 146 cm³/mol. The standard InChI is InChI=1S/C28H38FN3O5S/c1-21(28(34)30-24-8-5-4-6-9-24)31(20-22-11-17-26(37-2)18-12-22)27(33)10-7-19-32(38(3,35)36)25-15-13-23(29)14-16-25/h11-18,21,24H,4-10,19-20H2,1-3H3,(H,30,34)/t21-/m0/s1. The van der Waals surface area contributed by atoms with Crippen LogP contribution in [0.25, 0.3) is 0 Å². The number of halogens is 1. The molecule has 8 nitrogen and oxygen atoms in total. The summed E-state index contributed by atoms with van der Waals surface area (Å²) >= 11 is 0. The molecule has 0 unspecified atom stereocenters. The van der Waals surface area contributed by atoms with Crippen LogP contribution < -0.4 is 14.4 Å². The van der Waals surface area contributed by atoms with Gasteiger partial charge in [-0.25, -0.2) is 12.8 Å². The van der Waals surface area contributed by atoms with Gasteiger partial charge >= 0.3 is 0 Å². The lowest BCUT2D eigenvalue weighted by molar-refractivity contribution is -0.141. The highest BCUT2D eigenvalue weighted by atomic mass is 32.2. The van der Waals surface area contributed by atoms with Crippen LogP contribution in [0.2, 0.25) is 0 Å². The molecule has 0 bridgehead atoms. The fourth-order valence-corrected chi connectivity index (χ4v) is 5.66. The minimum atomic E-state index is -3.64. The SMILES string of the molecule is COc1ccc(CN(C(=O)CCCN(c2ccc(F)cc2)S(C)(=O)=O)[C@@H](C)C(=O)NC2CCCCC2)cc1. The molecule has 0 heterocycles. The lowest BCUT2D eigenvalue weighted by atomic mass is 9.95. The van der Waals surface area contributed by atoms with E-state index < -0.39 is 21.9 Å². The monoisotopic (exact) mass is 547 g/mol. The molecule has 0 aliphatic heterocycles. The van der Waals surface area contributed by atoms with E-state index in [4.69, 9.17) is 4.74 Å². The summed E-state index contributed by atoms with van der Waals surface area (Å²) < 4.78 is 44.5. The van der Waals surface area contributed by atoms with E-state index in [0.29, 0.717) is 11.4 Å². The highest BCUT2D eigenvalue weighted by molar-refractivity contribution is 7.92. The highest BCUT2D eigenvalue weighted by Gasteiger charge is 2.28. The summed E-state index contributed by atoms with van der Waals surface area (Å²) in [6, 6.07) is 11.9. The normalized spacial score (nSPS) is 14.9. The minimum absolute atomic E-state index is 0.0460. The number of ether oxygens (including phenoxy) is 1. The van der Waals surface area contributed by atoms with Crippen LogP contribution in [0.15, 0.2) is 48.5 Å². The van der Waals surface area contributed by atoms with Crippen molar-refractivity contribution in [3.8, 4) is 5.75 Å². The topological polar surface area (TPSA) is 96.0 Å². The van der Waals surface area contributed by atoms with Crippen LogP contribution >= 0.6 is 0 Å². The fourth-order valence-electron chi connectivity index (χ4n) is 4.69. The number of hydrogen-bond donors (Lipinski definition) is 1. The number of carbonyl (C=O) groups is 2. The van der Waals surface area contributed by atoms with Crippen LogP contribution in [0.3, 0.4) is 0 Å². The molecule has 1 aliphatic rings. The Morgan fingerprint density at radius 2 is 1.68 bits per heavy atom. The molecule has 10 heteroatoms. The molecule has 1 fully saturated rings. The number of carbonyl (C=O) groups excluding carboxylic acids is 2. The lowest BCUT2D eigenvalue weighted by Crippen LogP contribution is -2.50. The Morgan fingerprint density at radius 3 is 2.26 bits per heavy atom. The van der Waals surface area contributed by atoms with E-state index in [1.165, 1.54) is 30.7 Å². The molecule has 0 spiro atoms. The van der Waals surface area contributed by atoms with Crippen LogP contribution in [-0.2, 0) is 26.2 Å². The molecule has 1 N–H and O–H groups in total. The molecule has 1 saturated carbocycles. The van der Waals surface area contributed by atoms with Crippen molar-refractivity contribution in [1.29, 1.82) is 0 Å². The van der Waals surface area contributed by atoms with Crippen LogP contribution in [-0.4, -0.2) is 57.1 Å². The maximum atomic E-state index is 13.4. The zero-order valence-corrected chi connectivity index (χ0v) is 23.2. The molecule has 0 aromatic heterocycles. The summed E-state index contributed by atoms with van der Waals surface area (Å²) in [5, 5.41) is 3.11. The smallest absolute Gasteiger partial charge is 0.242 e. The third-order valence-electron chi connectivity index (χ3n) is 6.90. The molecular formula is C28H38FN3O5S. The number of nitrogens with one attached hydrogen (secondary N) is 1. The fraction of sp³-hybridized carbons (Fsp3) is 0.500. The zero-order valence-electron chi connectivity index (χ0n) is 22.4. The first kappa shape index (κ1) is 29.4. The Bertz CT molecular complexity index is 1170. The van der Waals surface area contributed by atoms with Crippen molar-refractivity contribution in [2.45, 2.75) is 70.5 Å². The van der Waals surface area contributed by atoms with Gasteiger partial charge in [0.2, 0.25) is 21.8 Å². The van der Waals surface area contributed by atoms with Crippen molar-refractivity contribution < 1.29 is 27.1 Å². The molecule has 1 aliphatic carbocycles. The van der Waals surface area contributed by atoms with Gasteiger partial charge in [-0.15, -0.1) is 0 Å². The van der Waals surface area contributed by atoms with Gasteiger partial charge in [0.15, 0.2) is 0 Å². The van der Waals surface area contributed by atoms with E-state index in [9.17, 15) is 22.4 Å². The Hall–Kier alpha value is -3.14. The van der Waals surface area contributed by atoms with Gasteiger partial charge in [-0.05, 0) is 68.1 Å². The molecular weight excluding hydrogens is 509 g/mol. The van der Waals surface area contributed by atoms with Gasteiger partial charge in [0.25, 0.3) is 0 Å². The number of hydrogen-bond acceptors (Lipinski definition) is 5. The summed E-state index contributed by atoms with van der Waals surface area (Å²) in [5.74, 6) is -0.217. The van der Waals surface area contributed by atoms with Crippen LogP contribution in [0.5, 0.6) is 5.75 Å². The number of amides is 2. The third-order valence-corrected chi connectivity index (χ3v) is 8.09. The molecule has 208 valence electrons. The maximum Gasteiger partial charge on any atom is 0.242 e. The van der Waals surface area contributed by atoms with E-state index in [-0.39, 0.29) is 43.8 Å². The van der Waals surface area contributed by atoms with E-state index in [1.807, 2.05) is 12.1 Å². The van der Waals surface area contributed by atoms with Crippen LogP contribution in [0.4, 0.5) is 10.1 Å². The van der Waals surface area contributed by atoms with Crippen LogP contribution in [0, 0.1) is 5.82 Å². The second kappa shape index (κ2) is 13.6. The van der Waals surface area contributed by atoms with E-state index in [2.05, 4.69) is 5.32 Å². The number of methoxy groups -OCH3 is 1. The van der Waals surface area contributed by atoms with Gasteiger partial charge in [-0.2, -0.15) is 0 Å². The zero-order chi connectivity index (χ0) is 27.7. The van der Waals surface area contributed by atoms with Crippen molar-refractivity contribution in [3.05, 3.63) is 59.9 Å². The maximum absolute atomic E-state index is 13.4. The highest BCUT2D eigenvalue weighted by Crippen LogP contribution is 2.21. The molecule has 0 radical (unpaired) electrons. The van der Waals surface area contributed by atoms with Gasteiger partial charge in [-0.3, -0.25) is 13.9 Å². The van der Waals surface area contributed by atoms with Gasteiger partial charge in [0.1, 0.15) is 17.6 Å². The lowest BCUT2D eigenvalue weighted by Gasteiger charge is -2.31. The second-order valence-electron chi connectivity index (χ2n) is 9.80. The molecule has 1 atom stereocenters. The number of rotatable bonds is 12. The Labute approximate surface area is 225 Å². The summed E-state index contributed by atoms with van der Waals surface area (Å²) in [6.07, 6.45) is 6.57. The number of anilines is 1. The van der Waals surface area contributed by atoms with Crippen molar-refractivity contribution in [3.63, 3.8) is 0 Å². The van der Waals surface area contributed by atoms with Gasteiger partial charge < -0.3 is 15.0 Å². The molecule has 2 aromatic rings. The summed E-state index contributed by atoms with van der Waals surface area (Å²) in [4.78, 5) is 28.1. The van der Waals surface area contributed by atoms with Crippen LogP contribution in [0.1, 0.15) is 57.4 Å². The number of benzene rings is 2. The van der Waals surface area contributed by atoms with E-state index in [1.54, 1.807) is 31.1 Å². The first-order valence-corrected chi connectivity index (χ1v) is 14.9. The van der Waals surface area contributed by atoms with Gasteiger partial charge in [0.05, 0.1) is 19.1 Å². The molecule has 2 aromatic carbocycles. The Morgan fingerprint density at radius 1 is 1.05 bits per heavy atom. The minimum Gasteiger partial charge on any atom is -0.497 e. The van der Waals surface area contributed by atoms with E-state index in [0.717, 1.165) is 41.8 Å². The van der Waals surface area contributed by atoms with Crippen molar-refractivity contribution in [2.75, 3.05) is 24.2 Å². The summed E-state index contributed by atoms with van der Waals surface area (Å²) in [7, 11) is -2.06. The number of nitrogens with zero attached hydrogens (tertiary/aromatic N) is 2. The van der Waals surface area contributed by atoms with Crippen molar-refractivity contribution in [2.24, 2.45) is 0 Å². The molecule has 38 heavy (non-hydrogen) atoms. The molecule has 3 rings (SSSR count). The third kappa shape index (κ3) is 8.44. The summed E-state index contributed by atoms with van der Waals surface area (Å²) in [5.41, 5.74) is 1.18. The van der Waals surface area contributed by atoms with Gasteiger partial charge in [0, 0.05) is 25.6 Å². The average Bonchev–Trinajstić information content (AvgIpc) is 2.90. The Balaban J connectivity index is 1.71. The largest absolute Gasteiger partial charge is 0.497 e. The predicted octanol–water partition coefficient (Wildman–Crippen LogP) is 4.25. The van der Waals surface area contributed by atoms with Gasteiger partial charge in [-0.1, -0.05) is 31.4 Å². The molecule has 0 saturated heterocycles. The Kier molecular flexibility index (Phi) is 10.5. The quantitative estimate of drug-likeness (QED) is 0.429. The van der Waals surface area contributed by atoms with Crippen molar-refractivity contribution >= 4 is 27.5 Å². The van der Waals surface area contributed by atoms with Crippen molar-refractivity contribution in [1.82, 2.24) is 10.2 Å². The average molecular weight is 548 g/mol. The first-order chi connectivity index (χ1) is 18.1. The second-order valence-corrected chi connectivity index (χ2v) is 11.7.